The topological polar surface area (TPSA) is 61.4 Å². The van der Waals surface area contributed by atoms with E-state index in [1.54, 1.807) is 0 Å². The summed E-state index contributed by atoms with van der Waals surface area (Å²) in [5.41, 5.74) is 2.34. The molecule has 1 heterocycles. The van der Waals surface area contributed by atoms with Crippen molar-refractivity contribution in [2.45, 2.75) is 52.0 Å². The fraction of sp³-hybridized carbons (Fsp3) is 0.579. The number of carbonyl (C=O) groups excluding carboxylic acids is 2. The largest absolute Gasteiger partial charge is 0.371 e. The third kappa shape index (κ3) is 3.89. The van der Waals surface area contributed by atoms with E-state index in [9.17, 15) is 9.59 Å². The fourth-order valence-electron chi connectivity index (χ4n) is 3.02. The second-order valence-corrected chi connectivity index (χ2v) is 6.97. The predicted octanol–water partition coefficient (Wildman–Crippen LogP) is 3.16. The maximum atomic E-state index is 12.7. The van der Waals surface area contributed by atoms with E-state index < -0.39 is 0 Å². The molecule has 0 bridgehead atoms. The van der Waals surface area contributed by atoms with Crippen LogP contribution in [0.15, 0.2) is 18.2 Å². The van der Waals surface area contributed by atoms with E-state index in [4.69, 9.17) is 0 Å². The molecule has 1 atom stereocenters. The van der Waals surface area contributed by atoms with Gasteiger partial charge in [-0.1, -0.05) is 6.92 Å². The van der Waals surface area contributed by atoms with Gasteiger partial charge in [0.05, 0.1) is 5.56 Å². The zero-order valence-corrected chi connectivity index (χ0v) is 14.6. The molecule has 1 saturated heterocycles. The summed E-state index contributed by atoms with van der Waals surface area (Å²) in [6, 6.07) is 5.84. The Kier molecular flexibility index (Phi) is 5.07. The maximum Gasteiger partial charge on any atom is 0.253 e. The highest BCUT2D eigenvalue weighted by Crippen LogP contribution is 2.32. The molecule has 1 unspecified atom stereocenters. The van der Waals surface area contributed by atoms with Crippen molar-refractivity contribution in [3.8, 4) is 0 Å². The minimum atomic E-state index is -0.0613. The average Bonchev–Trinajstić information content (AvgIpc) is 3.30. The molecule has 3 rings (SSSR count). The monoisotopic (exact) mass is 329 g/mol. The summed E-state index contributed by atoms with van der Waals surface area (Å²) in [7, 11) is 0. The number of rotatable bonds is 6. The van der Waals surface area contributed by atoms with Gasteiger partial charge in [0, 0.05) is 36.4 Å². The van der Waals surface area contributed by atoms with Crippen molar-refractivity contribution in [3.63, 3.8) is 0 Å². The van der Waals surface area contributed by atoms with E-state index in [1.165, 1.54) is 0 Å². The zero-order chi connectivity index (χ0) is 17.1. The van der Waals surface area contributed by atoms with Crippen LogP contribution in [-0.4, -0.2) is 30.9 Å². The molecule has 1 aliphatic carbocycles. The summed E-state index contributed by atoms with van der Waals surface area (Å²) in [6.07, 6.45) is 5.15. The van der Waals surface area contributed by atoms with Crippen molar-refractivity contribution in [1.29, 1.82) is 0 Å². The molecule has 0 spiro atoms. The Balaban J connectivity index is 1.84. The molecule has 5 heteroatoms. The van der Waals surface area contributed by atoms with Crippen LogP contribution in [0.3, 0.4) is 0 Å². The van der Waals surface area contributed by atoms with Gasteiger partial charge in [0.1, 0.15) is 0 Å². The second-order valence-electron chi connectivity index (χ2n) is 6.97. The standard InChI is InChI=1S/C19H27N3O2/c1-3-13(2)20-19(24)16-12-15(21-18(23)14-6-7-14)8-9-17(16)22-10-4-5-11-22/h8-9,12-14H,3-7,10-11H2,1-2H3,(H,20,24)(H,21,23). The number of anilines is 2. The first-order chi connectivity index (χ1) is 11.6. The van der Waals surface area contributed by atoms with Crippen LogP contribution in [0.5, 0.6) is 0 Å². The Bertz CT molecular complexity index is 619. The van der Waals surface area contributed by atoms with Crippen LogP contribution < -0.4 is 15.5 Å². The lowest BCUT2D eigenvalue weighted by atomic mass is 10.1. The van der Waals surface area contributed by atoms with Gasteiger partial charge in [-0.25, -0.2) is 0 Å². The number of nitrogens with zero attached hydrogens (tertiary/aromatic N) is 1. The van der Waals surface area contributed by atoms with Gasteiger partial charge in [0.25, 0.3) is 5.91 Å². The lowest BCUT2D eigenvalue weighted by molar-refractivity contribution is -0.117. The number of carbonyl (C=O) groups is 2. The van der Waals surface area contributed by atoms with Crippen LogP contribution >= 0.6 is 0 Å². The first kappa shape index (κ1) is 16.8. The molecule has 2 amide bonds. The van der Waals surface area contributed by atoms with Gasteiger partial charge in [-0.3, -0.25) is 9.59 Å². The summed E-state index contributed by atoms with van der Waals surface area (Å²) in [5.74, 6) is 0.159. The van der Waals surface area contributed by atoms with E-state index in [0.29, 0.717) is 11.3 Å². The molecule has 130 valence electrons. The smallest absolute Gasteiger partial charge is 0.253 e. The molecule has 0 aromatic heterocycles. The van der Waals surface area contributed by atoms with Crippen LogP contribution in [-0.2, 0) is 4.79 Å². The highest BCUT2D eigenvalue weighted by atomic mass is 16.2. The van der Waals surface area contributed by atoms with Gasteiger partial charge >= 0.3 is 0 Å². The van der Waals surface area contributed by atoms with Crippen molar-refractivity contribution < 1.29 is 9.59 Å². The summed E-state index contributed by atoms with van der Waals surface area (Å²) in [6.45, 7) is 6.03. The Morgan fingerprint density at radius 1 is 1.25 bits per heavy atom. The van der Waals surface area contributed by atoms with Crippen LogP contribution in [0.1, 0.15) is 56.3 Å². The molecule has 0 radical (unpaired) electrons. The molecule has 24 heavy (non-hydrogen) atoms. The SMILES string of the molecule is CCC(C)NC(=O)c1cc(NC(=O)C2CC2)ccc1N1CCCC1. The van der Waals surface area contributed by atoms with Crippen molar-refractivity contribution in [2.24, 2.45) is 5.92 Å². The van der Waals surface area contributed by atoms with Gasteiger partial charge in [0.15, 0.2) is 0 Å². The normalized spacial score (nSPS) is 18.3. The zero-order valence-electron chi connectivity index (χ0n) is 14.6. The molecule has 5 nitrogen and oxygen atoms in total. The summed E-state index contributed by atoms with van der Waals surface area (Å²) in [5, 5.41) is 5.99. The summed E-state index contributed by atoms with van der Waals surface area (Å²) in [4.78, 5) is 27.0. The molecular formula is C19H27N3O2. The third-order valence-corrected chi connectivity index (χ3v) is 4.89. The van der Waals surface area contributed by atoms with Crippen LogP contribution in [0, 0.1) is 5.92 Å². The Hall–Kier alpha value is -2.04. The third-order valence-electron chi connectivity index (χ3n) is 4.89. The first-order valence-corrected chi connectivity index (χ1v) is 9.09. The second kappa shape index (κ2) is 7.24. The maximum absolute atomic E-state index is 12.7. The van der Waals surface area contributed by atoms with Gasteiger partial charge in [-0.05, 0) is 57.2 Å². The van der Waals surface area contributed by atoms with Crippen molar-refractivity contribution in [2.75, 3.05) is 23.3 Å². The van der Waals surface area contributed by atoms with E-state index in [2.05, 4.69) is 22.5 Å². The quantitative estimate of drug-likeness (QED) is 0.843. The Morgan fingerprint density at radius 2 is 1.96 bits per heavy atom. The minimum absolute atomic E-state index is 0.0613. The lowest BCUT2D eigenvalue weighted by Crippen LogP contribution is -2.33. The molecule has 1 aliphatic heterocycles. The van der Waals surface area contributed by atoms with Crippen LogP contribution in [0.4, 0.5) is 11.4 Å². The summed E-state index contributed by atoms with van der Waals surface area (Å²) < 4.78 is 0. The van der Waals surface area contributed by atoms with E-state index in [0.717, 1.165) is 50.9 Å². The number of nitrogens with one attached hydrogen (secondary N) is 2. The van der Waals surface area contributed by atoms with Crippen LogP contribution in [0.2, 0.25) is 0 Å². The number of hydrogen-bond acceptors (Lipinski definition) is 3. The predicted molar refractivity (Wildman–Crippen MR) is 96.5 cm³/mol. The van der Waals surface area contributed by atoms with Crippen molar-refractivity contribution in [1.82, 2.24) is 5.32 Å². The van der Waals surface area contributed by atoms with E-state index in [-0.39, 0.29) is 23.8 Å². The van der Waals surface area contributed by atoms with Crippen molar-refractivity contribution >= 4 is 23.2 Å². The van der Waals surface area contributed by atoms with Crippen LogP contribution in [0.25, 0.3) is 0 Å². The first-order valence-electron chi connectivity index (χ1n) is 9.09. The molecular weight excluding hydrogens is 302 g/mol. The highest BCUT2D eigenvalue weighted by molar-refractivity contribution is 6.02. The number of amides is 2. The average molecular weight is 329 g/mol. The van der Waals surface area contributed by atoms with Gasteiger partial charge in [-0.2, -0.15) is 0 Å². The van der Waals surface area contributed by atoms with E-state index >= 15 is 0 Å². The summed E-state index contributed by atoms with van der Waals surface area (Å²) >= 11 is 0. The fourth-order valence-corrected chi connectivity index (χ4v) is 3.02. The molecule has 2 N–H and O–H groups in total. The lowest BCUT2D eigenvalue weighted by Gasteiger charge is -2.23. The number of hydrogen-bond donors (Lipinski definition) is 2. The molecule has 1 saturated carbocycles. The number of benzene rings is 1. The van der Waals surface area contributed by atoms with Gasteiger partial charge in [0.2, 0.25) is 5.91 Å². The Morgan fingerprint density at radius 3 is 2.58 bits per heavy atom. The van der Waals surface area contributed by atoms with Crippen molar-refractivity contribution in [3.05, 3.63) is 23.8 Å². The Labute approximate surface area is 143 Å². The molecule has 1 aromatic rings. The highest BCUT2D eigenvalue weighted by Gasteiger charge is 2.30. The van der Waals surface area contributed by atoms with E-state index in [1.807, 2.05) is 25.1 Å². The minimum Gasteiger partial charge on any atom is -0.371 e. The molecule has 1 aromatic carbocycles. The van der Waals surface area contributed by atoms with Gasteiger partial charge in [-0.15, -0.1) is 0 Å². The molecule has 2 fully saturated rings. The van der Waals surface area contributed by atoms with Gasteiger partial charge < -0.3 is 15.5 Å². The molecule has 2 aliphatic rings.